The summed E-state index contributed by atoms with van der Waals surface area (Å²) < 4.78 is 37.4. The van der Waals surface area contributed by atoms with E-state index in [1.54, 1.807) is 0 Å². The summed E-state index contributed by atoms with van der Waals surface area (Å²) in [5.74, 6) is -0.640. The van der Waals surface area contributed by atoms with E-state index in [2.05, 4.69) is 14.8 Å². The number of ether oxygens (including phenoxy) is 2. The van der Waals surface area contributed by atoms with Gasteiger partial charge in [-0.2, -0.15) is 0 Å². The Hall–Kier alpha value is -2.78. The van der Waals surface area contributed by atoms with Crippen molar-refractivity contribution in [2.75, 3.05) is 23.8 Å². The third kappa shape index (κ3) is 3.58. The summed E-state index contributed by atoms with van der Waals surface area (Å²) in [7, 11) is -2.82. The smallest absolute Gasteiger partial charge is 0.337 e. The lowest BCUT2D eigenvalue weighted by Crippen LogP contribution is -2.25. The highest BCUT2D eigenvalue weighted by Crippen LogP contribution is 2.32. The molecule has 26 heavy (non-hydrogen) atoms. The number of methoxy groups -OCH3 is 1. The SMILES string of the molecule is COC(=O)c1ccc(Cl)c(NS(=O)(=O)c2ccc3c(c2)NC(=O)CO3)c1. The molecule has 0 aromatic heterocycles. The molecule has 2 aromatic carbocycles. The Labute approximate surface area is 154 Å². The van der Waals surface area contributed by atoms with E-state index in [0.717, 1.165) is 0 Å². The minimum Gasteiger partial charge on any atom is -0.482 e. The van der Waals surface area contributed by atoms with E-state index in [1.807, 2.05) is 0 Å². The largest absolute Gasteiger partial charge is 0.482 e. The fourth-order valence-electron chi connectivity index (χ4n) is 2.28. The van der Waals surface area contributed by atoms with E-state index >= 15 is 0 Å². The van der Waals surface area contributed by atoms with Crippen molar-refractivity contribution in [2.24, 2.45) is 0 Å². The molecule has 3 rings (SSSR count). The van der Waals surface area contributed by atoms with Crippen LogP contribution in [0.2, 0.25) is 5.02 Å². The van der Waals surface area contributed by atoms with Crippen molar-refractivity contribution in [3.63, 3.8) is 0 Å². The summed E-state index contributed by atoms with van der Waals surface area (Å²) in [6, 6.07) is 8.11. The van der Waals surface area contributed by atoms with Crippen LogP contribution < -0.4 is 14.8 Å². The van der Waals surface area contributed by atoms with Gasteiger partial charge < -0.3 is 14.8 Å². The highest BCUT2D eigenvalue weighted by molar-refractivity contribution is 7.92. The Bertz CT molecular complexity index is 1010. The molecule has 0 fully saturated rings. The number of sulfonamides is 1. The summed E-state index contributed by atoms with van der Waals surface area (Å²) in [5.41, 5.74) is 0.409. The molecular weight excluding hydrogens is 384 g/mol. The molecule has 8 nitrogen and oxygen atoms in total. The second kappa shape index (κ2) is 6.85. The highest BCUT2D eigenvalue weighted by atomic mass is 35.5. The van der Waals surface area contributed by atoms with Gasteiger partial charge in [-0.1, -0.05) is 11.6 Å². The molecule has 0 unspecified atom stereocenters. The lowest BCUT2D eigenvalue weighted by Gasteiger charge is -2.19. The molecule has 1 aliphatic heterocycles. The number of halogens is 1. The molecule has 0 aliphatic carbocycles. The maximum Gasteiger partial charge on any atom is 0.337 e. The van der Waals surface area contributed by atoms with Crippen molar-refractivity contribution in [2.45, 2.75) is 4.90 Å². The van der Waals surface area contributed by atoms with E-state index in [4.69, 9.17) is 16.3 Å². The van der Waals surface area contributed by atoms with Crippen molar-refractivity contribution < 1.29 is 27.5 Å². The van der Waals surface area contributed by atoms with E-state index < -0.39 is 16.0 Å². The van der Waals surface area contributed by atoms with Gasteiger partial charge in [-0.05, 0) is 36.4 Å². The minimum atomic E-state index is -4.03. The van der Waals surface area contributed by atoms with Gasteiger partial charge in [0.1, 0.15) is 5.75 Å². The molecule has 0 bridgehead atoms. The van der Waals surface area contributed by atoms with Crippen LogP contribution in [0, 0.1) is 0 Å². The van der Waals surface area contributed by atoms with Crippen LogP contribution in [0.3, 0.4) is 0 Å². The van der Waals surface area contributed by atoms with Crippen LogP contribution in [-0.4, -0.2) is 34.0 Å². The van der Waals surface area contributed by atoms with Crippen LogP contribution in [0.15, 0.2) is 41.3 Å². The summed E-state index contributed by atoms with van der Waals surface area (Å²) in [5, 5.41) is 2.64. The maximum atomic E-state index is 12.6. The predicted octanol–water partition coefficient (Wildman–Crippen LogP) is 2.26. The van der Waals surface area contributed by atoms with Gasteiger partial charge in [0.25, 0.3) is 15.9 Å². The fourth-order valence-corrected chi connectivity index (χ4v) is 3.60. The number of rotatable bonds is 4. The lowest BCUT2D eigenvalue weighted by atomic mass is 10.2. The van der Waals surface area contributed by atoms with Crippen LogP contribution >= 0.6 is 11.6 Å². The van der Waals surface area contributed by atoms with Gasteiger partial charge in [-0.25, -0.2) is 13.2 Å². The summed E-state index contributed by atoms with van der Waals surface area (Å²) in [4.78, 5) is 22.9. The third-order valence-corrected chi connectivity index (χ3v) is 5.22. The molecule has 1 aliphatic rings. The van der Waals surface area contributed by atoms with Gasteiger partial charge >= 0.3 is 5.97 Å². The van der Waals surface area contributed by atoms with Gasteiger partial charge in [0.2, 0.25) is 0 Å². The van der Waals surface area contributed by atoms with Crippen molar-refractivity contribution in [1.29, 1.82) is 0 Å². The summed E-state index contributed by atoms with van der Waals surface area (Å²) in [6.45, 7) is -0.132. The van der Waals surface area contributed by atoms with Crippen molar-refractivity contribution in [3.8, 4) is 5.75 Å². The predicted molar refractivity (Wildman–Crippen MR) is 94.2 cm³/mol. The topological polar surface area (TPSA) is 111 Å². The Morgan fingerprint density at radius 2 is 2.04 bits per heavy atom. The number of carbonyl (C=O) groups excluding carboxylic acids is 2. The second-order valence-electron chi connectivity index (χ2n) is 5.29. The molecule has 0 atom stereocenters. The molecule has 10 heteroatoms. The zero-order chi connectivity index (χ0) is 18.9. The molecule has 0 saturated carbocycles. The Balaban J connectivity index is 1.94. The fraction of sp³-hybridized carbons (Fsp3) is 0.125. The first-order chi connectivity index (χ1) is 12.3. The van der Waals surface area contributed by atoms with Crippen molar-refractivity contribution >= 4 is 44.9 Å². The Morgan fingerprint density at radius 1 is 1.27 bits per heavy atom. The van der Waals surface area contributed by atoms with Crippen LogP contribution in [0.25, 0.3) is 0 Å². The van der Waals surface area contributed by atoms with Crippen LogP contribution in [-0.2, 0) is 19.6 Å². The molecule has 1 amide bonds. The zero-order valence-corrected chi connectivity index (χ0v) is 15.0. The number of amides is 1. The average Bonchev–Trinajstić information content (AvgIpc) is 2.62. The number of carbonyl (C=O) groups is 2. The summed E-state index contributed by atoms with van der Waals surface area (Å²) >= 11 is 6.02. The standard InChI is InChI=1S/C16H13ClN2O6S/c1-24-16(21)9-2-4-11(17)12(6-9)19-26(22,23)10-3-5-14-13(7-10)18-15(20)8-25-14/h2-7,19H,8H2,1H3,(H,18,20). The first kappa shape index (κ1) is 18.0. The highest BCUT2D eigenvalue weighted by Gasteiger charge is 2.22. The quantitative estimate of drug-likeness (QED) is 0.767. The summed E-state index contributed by atoms with van der Waals surface area (Å²) in [6.07, 6.45) is 0. The number of nitrogens with one attached hydrogen (secondary N) is 2. The second-order valence-corrected chi connectivity index (χ2v) is 7.38. The maximum absolute atomic E-state index is 12.6. The molecule has 1 heterocycles. The van der Waals surface area contributed by atoms with Gasteiger partial charge in [-0.15, -0.1) is 0 Å². The number of anilines is 2. The van der Waals surface area contributed by atoms with Crippen molar-refractivity contribution in [3.05, 3.63) is 47.0 Å². The van der Waals surface area contributed by atoms with Gasteiger partial charge in [-0.3, -0.25) is 9.52 Å². The van der Waals surface area contributed by atoms with E-state index in [-0.39, 0.29) is 39.4 Å². The number of fused-ring (bicyclic) bond motifs is 1. The van der Waals surface area contributed by atoms with Crippen LogP contribution in [0.1, 0.15) is 10.4 Å². The van der Waals surface area contributed by atoms with E-state index in [0.29, 0.717) is 5.75 Å². The molecule has 136 valence electrons. The molecule has 0 radical (unpaired) electrons. The minimum absolute atomic E-state index is 0.0209. The number of hydrogen-bond acceptors (Lipinski definition) is 6. The first-order valence-corrected chi connectivity index (χ1v) is 9.13. The third-order valence-electron chi connectivity index (χ3n) is 3.53. The van der Waals surface area contributed by atoms with E-state index in [9.17, 15) is 18.0 Å². The number of esters is 1. The monoisotopic (exact) mass is 396 g/mol. The van der Waals surface area contributed by atoms with Crippen LogP contribution in [0.5, 0.6) is 5.75 Å². The Kier molecular flexibility index (Phi) is 4.75. The van der Waals surface area contributed by atoms with Crippen molar-refractivity contribution in [1.82, 2.24) is 0 Å². The van der Waals surface area contributed by atoms with Gasteiger partial charge in [0.05, 0.1) is 34.0 Å². The van der Waals surface area contributed by atoms with Gasteiger partial charge in [0, 0.05) is 0 Å². The number of hydrogen-bond donors (Lipinski definition) is 2. The zero-order valence-electron chi connectivity index (χ0n) is 13.4. The molecule has 2 aromatic rings. The van der Waals surface area contributed by atoms with E-state index in [1.165, 1.54) is 43.5 Å². The normalized spacial score (nSPS) is 13.2. The Morgan fingerprint density at radius 3 is 2.77 bits per heavy atom. The first-order valence-electron chi connectivity index (χ1n) is 7.27. The molecule has 0 saturated heterocycles. The lowest BCUT2D eigenvalue weighted by molar-refractivity contribution is -0.118. The number of benzene rings is 2. The molecular formula is C16H13ClN2O6S. The molecule has 2 N–H and O–H groups in total. The average molecular weight is 397 g/mol. The van der Waals surface area contributed by atoms with Gasteiger partial charge in [0.15, 0.2) is 6.61 Å². The molecule has 0 spiro atoms. The van der Waals surface area contributed by atoms with Crippen LogP contribution in [0.4, 0.5) is 11.4 Å².